The van der Waals surface area contributed by atoms with Crippen molar-refractivity contribution in [1.82, 2.24) is 19.7 Å². The zero-order valence-electron chi connectivity index (χ0n) is 13.5. The zero-order valence-corrected chi connectivity index (χ0v) is 14.3. The Morgan fingerprint density at radius 3 is 2.32 bits per heavy atom. The topological polar surface area (TPSA) is 72.7 Å². The molecule has 0 atom stereocenters. The third-order valence-corrected chi connectivity index (χ3v) is 4.89. The van der Waals surface area contributed by atoms with Crippen molar-refractivity contribution in [3.63, 3.8) is 0 Å². The summed E-state index contributed by atoms with van der Waals surface area (Å²) >= 11 is 1.35. The van der Waals surface area contributed by atoms with Gasteiger partial charge in [0.15, 0.2) is 5.16 Å². The summed E-state index contributed by atoms with van der Waals surface area (Å²) in [6.07, 6.45) is 1.62. The molecule has 2 aromatic carbocycles. The first-order chi connectivity index (χ1) is 12.2. The number of nitrogens with one attached hydrogen (secondary N) is 1. The highest BCUT2D eigenvalue weighted by molar-refractivity contribution is 7.99. The number of thioether (sulfide) groups is 1. The lowest BCUT2D eigenvalue weighted by Crippen LogP contribution is -2.15. The number of aromatic nitrogens is 4. The fourth-order valence-electron chi connectivity index (χ4n) is 2.68. The first-order valence-corrected chi connectivity index (χ1v) is 8.75. The average molecular weight is 349 g/mol. The lowest BCUT2D eigenvalue weighted by Gasteiger charge is -2.12. The van der Waals surface area contributed by atoms with Gasteiger partial charge in [0, 0.05) is 17.8 Å². The third-order valence-electron chi connectivity index (χ3n) is 3.85. The van der Waals surface area contributed by atoms with E-state index in [0.29, 0.717) is 5.16 Å². The van der Waals surface area contributed by atoms with Gasteiger partial charge in [0.05, 0.1) is 22.5 Å². The molecule has 7 heteroatoms. The van der Waals surface area contributed by atoms with Crippen LogP contribution in [0.5, 0.6) is 0 Å². The van der Waals surface area contributed by atoms with Crippen LogP contribution in [0.4, 0.5) is 5.69 Å². The van der Waals surface area contributed by atoms with E-state index in [9.17, 15) is 4.79 Å². The maximum Gasteiger partial charge on any atom is 0.234 e. The van der Waals surface area contributed by atoms with Crippen molar-refractivity contribution in [2.75, 3.05) is 11.1 Å². The van der Waals surface area contributed by atoms with E-state index in [1.165, 1.54) is 11.8 Å². The van der Waals surface area contributed by atoms with Gasteiger partial charge in [0.25, 0.3) is 0 Å². The van der Waals surface area contributed by atoms with Gasteiger partial charge in [-0.15, -0.1) is 10.2 Å². The molecular weight excluding hydrogens is 334 g/mol. The summed E-state index contributed by atoms with van der Waals surface area (Å²) in [6, 6.07) is 15.6. The minimum atomic E-state index is -0.0884. The molecule has 0 aliphatic rings. The second-order valence-electron chi connectivity index (χ2n) is 5.58. The predicted molar refractivity (Wildman–Crippen MR) is 99.6 cm³/mol. The smallest absolute Gasteiger partial charge is 0.234 e. The molecule has 25 heavy (non-hydrogen) atoms. The highest BCUT2D eigenvalue weighted by Gasteiger charge is 2.13. The number of rotatable bonds is 4. The van der Waals surface area contributed by atoms with Gasteiger partial charge in [-0.05, 0) is 12.1 Å². The van der Waals surface area contributed by atoms with Gasteiger partial charge in [-0.3, -0.25) is 4.79 Å². The molecular formula is C18H15N5OS. The van der Waals surface area contributed by atoms with Crippen LogP contribution < -0.4 is 5.32 Å². The molecule has 1 amide bonds. The van der Waals surface area contributed by atoms with E-state index in [1.807, 2.05) is 55.6 Å². The number of carbonyl (C=O) groups excluding carboxylic acids is 1. The Hall–Kier alpha value is -2.93. The summed E-state index contributed by atoms with van der Waals surface area (Å²) in [5.74, 6) is 0.173. The number of aryl methyl sites for hydroxylation is 1. The van der Waals surface area contributed by atoms with Crippen LogP contribution >= 0.6 is 11.8 Å². The quantitative estimate of drug-likeness (QED) is 0.452. The maximum absolute atomic E-state index is 12.5. The van der Waals surface area contributed by atoms with Crippen molar-refractivity contribution in [2.45, 2.75) is 5.16 Å². The molecule has 0 spiro atoms. The van der Waals surface area contributed by atoms with E-state index >= 15 is 0 Å². The Morgan fingerprint density at radius 2 is 1.72 bits per heavy atom. The Balaban J connectivity index is 1.67. The van der Waals surface area contributed by atoms with Crippen LogP contribution in [0.15, 0.2) is 60.0 Å². The van der Waals surface area contributed by atoms with E-state index in [-0.39, 0.29) is 11.7 Å². The summed E-state index contributed by atoms with van der Waals surface area (Å²) in [6.45, 7) is 0. The van der Waals surface area contributed by atoms with Gasteiger partial charge in [-0.2, -0.15) is 0 Å². The number of nitrogens with zero attached hydrogens (tertiary/aromatic N) is 4. The molecule has 0 aliphatic heterocycles. The van der Waals surface area contributed by atoms with Crippen LogP contribution in [0.2, 0.25) is 0 Å². The summed E-state index contributed by atoms with van der Waals surface area (Å²) in [4.78, 5) is 17.2. The molecule has 6 nitrogen and oxygen atoms in total. The van der Waals surface area contributed by atoms with E-state index in [1.54, 1.807) is 10.9 Å². The van der Waals surface area contributed by atoms with E-state index in [0.717, 1.165) is 27.5 Å². The number of hydrogen-bond donors (Lipinski definition) is 1. The third kappa shape index (κ3) is 3.06. The number of hydrogen-bond acceptors (Lipinski definition) is 5. The number of anilines is 1. The fraction of sp³-hybridized carbons (Fsp3) is 0.111. The van der Waals surface area contributed by atoms with Gasteiger partial charge in [0.1, 0.15) is 6.33 Å². The number of fused-ring (bicyclic) bond motifs is 2. The van der Waals surface area contributed by atoms with Crippen molar-refractivity contribution >= 4 is 45.2 Å². The standard InChI is InChI=1S/C18H15N5OS/c1-23-11-19-22-18(23)25-10-16(24)21-17-12-6-2-4-8-14(12)20-15-9-5-3-7-13(15)17/h2-9,11H,10H2,1H3,(H,20,21,24). The van der Waals surface area contributed by atoms with Crippen molar-refractivity contribution in [2.24, 2.45) is 7.05 Å². The van der Waals surface area contributed by atoms with E-state index in [2.05, 4.69) is 20.5 Å². The number of benzene rings is 2. The highest BCUT2D eigenvalue weighted by atomic mass is 32.2. The van der Waals surface area contributed by atoms with Gasteiger partial charge in [0.2, 0.25) is 5.91 Å². The maximum atomic E-state index is 12.5. The molecule has 2 heterocycles. The Kier molecular flexibility index (Phi) is 4.07. The highest BCUT2D eigenvalue weighted by Crippen LogP contribution is 2.30. The summed E-state index contributed by atoms with van der Waals surface area (Å²) in [5, 5.41) is 13.4. The lowest BCUT2D eigenvalue weighted by atomic mass is 10.1. The summed E-state index contributed by atoms with van der Waals surface area (Å²) < 4.78 is 1.79. The number of pyridine rings is 1. The van der Waals surface area contributed by atoms with Gasteiger partial charge in [-0.25, -0.2) is 4.98 Å². The van der Waals surface area contributed by atoms with Crippen LogP contribution in [-0.4, -0.2) is 31.4 Å². The van der Waals surface area contributed by atoms with Crippen molar-refractivity contribution in [3.8, 4) is 0 Å². The number of carbonyl (C=O) groups is 1. The molecule has 4 rings (SSSR count). The minimum absolute atomic E-state index is 0.0884. The monoisotopic (exact) mass is 349 g/mol. The molecule has 0 bridgehead atoms. The molecule has 0 radical (unpaired) electrons. The van der Waals surface area contributed by atoms with Gasteiger partial charge in [-0.1, -0.05) is 48.2 Å². The summed E-state index contributed by atoms with van der Waals surface area (Å²) in [5.41, 5.74) is 2.51. The largest absolute Gasteiger partial charge is 0.324 e. The van der Waals surface area contributed by atoms with Crippen molar-refractivity contribution in [3.05, 3.63) is 54.9 Å². The van der Waals surface area contributed by atoms with Crippen molar-refractivity contribution in [1.29, 1.82) is 0 Å². The molecule has 0 fully saturated rings. The molecule has 0 saturated carbocycles. The SMILES string of the molecule is Cn1cnnc1SCC(=O)Nc1c2ccccc2nc2ccccc12. The number of amides is 1. The van der Waals surface area contributed by atoms with Crippen molar-refractivity contribution < 1.29 is 4.79 Å². The van der Waals surface area contributed by atoms with Crippen LogP contribution in [0, 0.1) is 0 Å². The second kappa shape index (κ2) is 6.52. The molecule has 0 saturated heterocycles. The van der Waals surface area contributed by atoms with Gasteiger partial charge < -0.3 is 9.88 Å². The minimum Gasteiger partial charge on any atom is -0.324 e. The summed E-state index contributed by atoms with van der Waals surface area (Å²) in [7, 11) is 1.85. The Morgan fingerprint density at radius 1 is 1.08 bits per heavy atom. The van der Waals surface area contributed by atoms with E-state index in [4.69, 9.17) is 0 Å². The molecule has 124 valence electrons. The van der Waals surface area contributed by atoms with E-state index < -0.39 is 0 Å². The zero-order chi connectivity index (χ0) is 17.2. The van der Waals surface area contributed by atoms with Crippen LogP contribution in [0.25, 0.3) is 21.8 Å². The first-order valence-electron chi connectivity index (χ1n) is 7.76. The van der Waals surface area contributed by atoms with Crippen LogP contribution in [0.1, 0.15) is 0 Å². The molecule has 1 N–H and O–H groups in total. The van der Waals surface area contributed by atoms with Gasteiger partial charge >= 0.3 is 0 Å². The lowest BCUT2D eigenvalue weighted by molar-refractivity contribution is -0.113. The predicted octanol–water partition coefficient (Wildman–Crippen LogP) is 3.25. The molecule has 2 aromatic heterocycles. The van der Waals surface area contributed by atoms with Crippen LogP contribution in [0.3, 0.4) is 0 Å². The normalized spacial score (nSPS) is 11.1. The second-order valence-corrected chi connectivity index (χ2v) is 6.52. The first kappa shape index (κ1) is 15.6. The Labute approximate surface area is 148 Å². The molecule has 0 aliphatic carbocycles. The Bertz CT molecular complexity index is 1020. The van der Waals surface area contributed by atoms with Crippen LogP contribution in [-0.2, 0) is 11.8 Å². The molecule has 4 aromatic rings. The molecule has 0 unspecified atom stereocenters. The average Bonchev–Trinajstić information content (AvgIpc) is 3.05. The number of para-hydroxylation sites is 2. The fourth-order valence-corrected chi connectivity index (χ4v) is 3.37.